The molecule has 32 heavy (non-hydrogen) atoms. The second kappa shape index (κ2) is 8.35. The Morgan fingerprint density at radius 1 is 1.03 bits per heavy atom. The van der Waals surface area contributed by atoms with Crippen molar-refractivity contribution in [1.82, 2.24) is 15.5 Å². The van der Waals surface area contributed by atoms with Gasteiger partial charge >= 0.3 is 0 Å². The van der Waals surface area contributed by atoms with Gasteiger partial charge in [0.2, 0.25) is 11.0 Å². The van der Waals surface area contributed by atoms with E-state index in [1.165, 1.54) is 64.1 Å². The minimum atomic E-state index is -0.368. The Bertz CT molecular complexity index is 1000. The summed E-state index contributed by atoms with van der Waals surface area (Å²) < 4.78 is 10.4. The van der Waals surface area contributed by atoms with Crippen LogP contribution in [0.1, 0.15) is 53.9 Å². The predicted octanol–water partition coefficient (Wildman–Crippen LogP) is 3.39. The Labute approximate surface area is 191 Å². The highest BCUT2D eigenvalue weighted by atomic mass is 32.1. The van der Waals surface area contributed by atoms with Gasteiger partial charge in [0, 0.05) is 11.0 Å². The summed E-state index contributed by atoms with van der Waals surface area (Å²) in [5.74, 6) is 2.78. The predicted molar refractivity (Wildman–Crippen MR) is 120 cm³/mol. The van der Waals surface area contributed by atoms with Crippen LogP contribution in [0.3, 0.4) is 0 Å². The molecular formula is C23H28N4O4S. The molecule has 4 fully saturated rings. The van der Waals surface area contributed by atoms with Gasteiger partial charge in [0.1, 0.15) is 5.01 Å². The van der Waals surface area contributed by atoms with Crippen LogP contribution in [0.15, 0.2) is 18.2 Å². The van der Waals surface area contributed by atoms with Crippen molar-refractivity contribution in [3.63, 3.8) is 0 Å². The summed E-state index contributed by atoms with van der Waals surface area (Å²) in [6, 6.07) is 4.85. The zero-order valence-electron chi connectivity index (χ0n) is 18.3. The maximum Gasteiger partial charge on any atom is 0.251 e. The van der Waals surface area contributed by atoms with E-state index >= 15 is 0 Å². The first-order valence-corrected chi connectivity index (χ1v) is 11.9. The summed E-state index contributed by atoms with van der Waals surface area (Å²) in [5, 5.41) is 15.7. The van der Waals surface area contributed by atoms with Gasteiger partial charge in [0.25, 0.3) is 5.91 Å². The van der Waals surface area contributed by atoms with Crippen LogP contribution in [-0.2, 0) is 10.2 Å². The van der Waals surface area contributed by atoms with Crippen molar-refractivity contribution in [2.24, 2.45) is 17.8 Å². The van der Waals surface area contributed by atoms with Gasteiger partial charge < -0.3 is 14.8 Å². The molecule has 8 nitrogen and oxygen atoms in total. The summed E-state index contributed by atoms with van der Waals surface area (Å²) in [6.45, 7) is -0.153. The van der Waals surface area contributed by atoms with Crippen molar-refractivity contribution in [3.05, 3.63) is 28.8 Å². The maximum atomic E-state index is 12.4. The third-order valence-corrected chi connectivity index (χ3v) is 8.30. The molecular weight excluding hydrogens is 428 g/mol. The topological polar surface area (TPSA) is 102 Å². The molecule has 4 aliphatic carbocycles. The van der Waals surface area contributed by atoms with Gasteiger partial charge in [-0.15, -0.1) is 10.2 Å². The number of aromatic nitrogens is 2. The second-order valence-corrected chi connectivity index (χ2v) is 10.4. The molecule has 4 aliphatic rings. The number of hydrogen-bond acceptors (Lipinski definition) is 7. The average molecular weight is 457 g/mol. The van der Waals surface area contributed by atoms with Crippen LogP contribution in [0.25, 0.3) is 0 Å². The zero-order chi connectivity index (χ0) is 22.3. The fourth-order valence-corrected chi connectivity index (χ4v) is 7.24. The van der Waals surface area contributed by atoms with Crippen molar-refractivity contribution in [1.29, 1.82) is 0 Å². The van der Waals surface area contributed by atoms with Crippen molar-refractivity contribution in [2.45, 2.75) is 43.9 Å². The number of anilines is 1. The number of nitrogens with one attached hydrogen (secondary N) is 2. The molecule has 170 valence electrons. The Hall–Kier alpha value is -2.68. The van der Waals surface area contributed by atoms with Crippen LogP contribution in [0.5, 0.6) is 11.5 Å². The number of ether oxygens (including phenoxy) is 2. The maximum absolute atomic E-state index is 12.4. The summed E-state index contributed by atoms with van der Waals surface area (Å²) in [6.07, 6.45) is 7.76. The van der Waals surface area contributed by atoms with Gasteiger partial charge in [0.15, 0.2) is 11.5 Å². The number of hydrogen-bond donors (Lipinski definition) is 2. The summed E-state index contributed by atoms with van der Waals surface area (Å²) in [4.78, 5) is 24.8. The van der Waals surface area contributed by atoms with Crippen LogP contribution < -0.4 is 20.1 Å². The molecule has 9 heteroatoms. The van der Waals surface area contributed by atoms with E-state index in [4.69, 9.17) is 9.47 Å². The van der Waals surface area contributed by atoms with E-state index in [9.17, 15) is 9.59 Å². The molecule has 2 N–H and O–H groups in total. The standard InChI is InChI=1S/C23H28N4O4S/c1-30-17-4-3-16(8-18(17)31-2)20(29)24-12-19(28)25-22-27-26-21(32-22)23-9-13-5-14(10-23)7-15(6-13)11-23/h3-4,8,13-15H,5-7,9-12H2,1-2H3,(H,24,29)(H,25,27,28). The lowest BCUT2D eigenvalue weighted by atomic mass is 9.50. The number of nitrogens with zero attached hydrogens (tertiary/aromatic N) is 2. The monoisotopic (exact) mass is 456 g/mol. The molecule has 2 amide bonds. The first kappa shape index (κ1) is 21.2. The van der Waals surface area contributed by atoms with E-state index in [0.717, 1.165) is 22.8 Å². The fraction of sp³-hybridized carbons (Fsp3) is 0.565. The van der Waals surface area contributed by atoms with E-state index in [0.29, 0.717) is 22.2 Å². The molecule has 0 aliphatic heterocycles. The first-order valence-electron chi connectivity index (χ1n) is 11.1. The van der Waals surface area contributed by atoms with Gasteiger partial charge in [-0.05, 0) is 74.5 Å². The van der Waals surface area contributed by atoms with E-state index in [-0.39, 0.29) is 23.8 Å². The zero-order valence-corrected chi connectivity index (χ0v) is 19.2. The molecule has 2 aromatic rings. The smallest absolute Gasteiger partial charge is 0.251 e. The van der Waals surface area contributed by atoms with Crippen LogP contribution >= 0.6 is 11.3 Å². The van der Waals surface area contributed by atoms with E-state index < -0.39 is 0 Å². The van der Waals surface area contributed by atoms with Gasteiger partial charge in [-0.1, -0.05) is 11.3 Å². The Morgan fingerprint density at radius 3 is 2.31 bits per heavy atom. The highest BCUT2D eigenvalue weighted by Gasteiger charge is 2.53. The van der Waals surface area contributed by atoms with Crippen molar-refractivity contribution >= 4 is 28.3 Å². The molecule has 1 heterocycles. The summed E-state index contributed by atoms with van der Waals surface area (Å²) in [5.41, 5.74) is 0.548. The second-order valence-electron chi connectivity index (χ2n) is 9.41. The van der Waals surface area contributed by atoms with Crippen LogP contribution in [0.2, 0.25) is 0 Å². The van der Waals surface area contributed by atoms with Crippen molar-refractivity contribution < 1.29 is 19.1 Å². The normalized spacial score (nSPS) is 27.8. The van der Waals surface area contributed by atoms with Gasteiger partial charge in [0.05, 0.1) is 20.8 Å². The minimum absolute atomic E-state index is 0.153. The van der Waals surface area contributed by atoms with E-state index in [2.05, 4.69) is 20.8 Å². The number of methoxy groups -OCH3 is 2. The van der Waals surface area contributed by atoms with Crippen molar-refractivity contribution in [3.8, 4) is 11.5 Å². The van der Waals surface area contributed by atoms with Gasteiger partial charge in [-0.2, -0.15) is 0 Å². The Kier molecular flexibility index (Phi) is 5.53. The highest BCUT2D eigenvalue weighted by Crippen LogP contribution is 2.61. The molecule has 1 aromatic heterocycles. The van der Waals surface area contributed by atoms with Crippen LogP contribution in [0, 0.1) is 17.8 Å². The third-order valence-electron chi connectivity index (χ3n) is 7.22. The molecule has 0 radical (unpaired) electrons. The van der Waals surface area contributed by atoms with Gasteiger partial charge in [-0.3, -0.25) is 14.9 Å². The largest absolute Gasteiger partial charge is 0.493 e. The minimum Gasteiger partial charge on any atom is -0.493 e. The lowest BCUT2D eigenvalue weighted by molar-refractivity contribution is -0.115. The number of benzene rings is 1. The number of carbonyl (C=O) groups is 2. The molecule has 6 rings (SSSR count). The fourth-order valence-electron chi connectivity index (χ4n) is 6.26. The summed E-state index contributed by atoms with van der Waals surface area (Å²) in [7, 11) is 3.04. The SMILES string of the molecule is COc1ccc(C(=O)NCC(=O)Nc2nnc(C34CC5CC(CC(C5)C3)C4)s2)cc1OC. The van der Waals surface area contributed by atoms with E-state index in [1.807, 2.05) is 0 Å². The first-order chi connectivity index (χ1) is 15.5. The third kappa shape index (κ3) is 3.94. The summed E-state index contributed by atoms with van der Waals surface area (Å²) >= 11 is 1.49. The quantitative estimate of drug-likeness (QED) is 0.662. The highest BCUT2D eigenvalue weighted by molar-refractivity contribution is 7.15. The average Bonchev–Trinajstić information content (AvgIpc) is 3.25. The molecule has 4 bridgehead atoms. The number of carbonyl (C=O) groups excluding carboxylic acids is 2. The van der Waals surface area contributed by atoms with Crippen molar-refractivity contribution in [2.75, 3.05) is 26.1 Å². The Balaban J connectivity index is 1.18. The van der Waals surface area contributed by atoms with Crippen LogP contribution in [0.4, 0.5) is 5.13 Å². The van der Waals surface area contributed by atoms with E-state index in [1.54, 1.807) is 18.2 Å². The molecule has 0 atom stereocenters. The number of amides is 2. The van der Waals surface area contributed by atoms with Crippen LogP contribution in [-0.4, -0.2) is 42.8 Å². The molecule has 0 spiro atoms. The lowest BCUT2D eigenvalue weighted by Gasteiger charge is -2.55. The molecule has 4 saturated carbocycles. The number of rotatable bonds is 7. The Morgan fingerprint density at radius 2 is 1.69 bits per heavy atom. The molecule has 0 unspecified atom stereocenters. The molecule has 1 aromatic carbocycles. The lowest BCUT2D eigenvalue weighted by Crippen LogP contribution is -2.48. The van der Waals surface area contributed by atoms with Gasteiger partial charge in [-0.25, -0.2) is 0 Å². The molecule has 0 saturated heterocycles.